The minimum absolute atomic E-state index is 0.00342. The fourth-order valence-electron chi connectivity index (χ4n) is 4.46. The number of aliphatic hydroxyl groups excluding tert-OH is 2. The minimum atomic E-state index is -1.61. The summed E-state index contributed by atoms with van der Waals surface area (Å²) in [6.07, 6.45) is 13.8. The van der Waals surface area contributed by atoms with Gasteiger partial charge in [0.05, 0.1) is 0 Å². The quantitative estimate of drug-likeness (QED) is 0.0947. The zero-order valence-electron chi connectivity index (χ0n) is 23.9. The molecule has 14 nitrogen and oxygen atoms in total. The van der Waals surface area contributed by atoms with Crippen LogP contribution in [0.15, 0.2) is 94.8 Å². The number of hydrogen-bond acceptors (Lipinski definition) is 14. The number of rotatable bonds is 9. The molecule has 0 unspecified atom stereocenters. The Morgan fingerprint density at radius 2 is 1.36 bits per heavy atom. The van der Waals surface area contributed by atoms with Gasteiger partial charge in [0.1, 0.15) is 35.7 Å². The van der Waals surface area contributed by atoms with Gasteiger partial charge in [-0.3, -0.25) is 4.79 Å². The van der Waals surface area contributed by atoms with Crippen molar-refractivity contribution in [3.05, 3.63) is 94.8 Å². The first kappa shape index (κ1) is 32.3. The number of aliphatic hydroxyl groups is 2. The van der Waals surface area contributed by atoms with E-state index in [1.807, 2.05) is 0 Å². The summed E-state index contributed by atoms with van der Waals surface area (Å²) < 4.78 is 31.3. The molecule has 0 amide bonds. The van der Waals surface area contributed by atoms with Gasteiger partial charge in [0.15, 0.2) is 6.29 Å². The van der Waals surface area contributed by atoms with Crippen molar-refractivity contribution in [2.75, 3.05) is 13.2 Å². The van der Waals surface area contributed by atoms with E-state index in [0.29, 0.717) is 6.29 Å². The predicted molar refractivity (Wildman–Crippen MR) is 149 cm³/mol. The summed E-state index contributed by atoms with van der Waals surface area (Å²) >= 11 is 0. The summed E-state index contributed by atoms with van der Waals surface area (Å²) in [4.78, 5) is 71.3. The zero-order valence-corrected chi connectivity index (χ0v) is 23.9. The second kappa shape index (κ2) is 13.8. The number of hydrogen-bond donors (Lipinski definition) is 2. The van der Waals surface area contributed by atoms with E-state index in [1.165, 1.54) is 67.7 Å². The van der Waals surface area contributed by atoms with E-state index in [0.717, 1.165) is 0 Å². The van der Waals surface area contributed by atoms with Crippen LogP contribution in [0.4, 0.5) is 0 Å². The molecule has 3 aliphatic heterocycles. The molecular weight excluding hydrogens is 596 g/mol. The third kappa shape index (κ3) is 7.65. The number of carbonyl (C=O) groups is 6. The van der Waals surface area contributed by atoms with Crippen molar-refractivity contribution in [1.29, 1.82) is 0 Å². The normalized spacial score (nSPS) is 25.8. The maximum atomic E-state index is 12.7. The molecule has 0 radical (unpaired) electrons. The third-order valence-electron chi connectivity index (χ3n) is 6.84. The maximum absolute atomic E-state index is 12.7. The second-order valence-corrected chi connectivity index (χ2v) is 9.93. The third-order valence-corrected chi connectivity index (χ3v) is 6.84. The van der Waals surface area contributed by atoms with Gasteiger partial charge in [-0.15, -0.1) is 0 Å². The summed E-state index contributed by atoms with van der Waals surface area (Å²) in [5.41, 5.74) is -0.404. The molecule has 4 aliphatic rings. The van der Waals surface area contributed by atoms with Crippen LogP contribution < -0.4 is 0 Å². The molecule has 2 fully saturated rings. The van der Waals surface area contributed by atoms with Crippen LogP contribution in [0.25, 0.3) is 0 Å². The van der Waals surface area contributed by atoms with Crippen LogP contribution in [0.3, 0.4) is 0 Å². The number of cyclic esters (lactones) is 1. The first-order valence-corrected chi connectivity index (χ1v) is 13.6. The molecular formula is C31H28O14. The van der Waals surface area contributed by atoms with Gasteiger partial charge in [-0.25, -0.2) is 24.0 Å². The fraction of sp³-hybridized carbons (Fsp3) is 0.290. The molecule has 2 N–H and O–H groups in total. The van der Waals surface area contributed by atoms with Crippen molar-refractivity contribution in [2.45, 2.75) is 44.2 Å². The van der Waals surface area contributed by atoms with Crippen molar-refractivity contribution in [3.8, 4) is 0 Å². The Kier molecular flexibility index (Phi) is 9.86. The molecule has 0 aromatic carbocycles. The average molecular weight is 625 g/mol. The molecule has 0 bridgehead atoms. The summed E-state index contributed by atoms with van der Waals surface area (Å²) in [5.74, 6) is -8.13. The van der Waals surface area contributed by atoms with Crippen LogP contribution in [-0.4, -0.2) is 71.1 Å². The van der Waals surface area contributed by atoms with E-state index in [4.69, 9.17) is 18.9 Å². The van der Waals surface area contributed by atoms with Gasteiger partial charge in [0.2, 0.25) is 0 Å². The van der Waals surface area contributed by atoms with E-state index in [2.05, 4.69) is 9.47 Å². The molecule has 1 saturated heterocycles. The van der Waals surface area contributed by atoms with Gasteiger partial charge in [-0.05, 0) is 25.2 Å². The lowest BCUT2D eigenvalue weighted by Crippen LogP contribution is -2.54. The lowest BCUT2D eigenvalue weighted by Gasteiger charge is -2.46. The molecule has 236 valence electrons. The molecule has 0 atom stereocenters. The van der Waals surface area contributed by atoms with Crippen molar-refractivity contribution in [1.82, 2.24) is 0 Å². The molecule has 0 aromatic heterocycles. The Bertz CT molecular complexity index is 1510. The topological polar surface area (TPSA) is 198 Å². The molecule has 2 spiro atoms. The minimum Gasteiger partial charge on any atom is -0.508 e. The van der Waals surface area contributed by atoms with Crippen molar-refractivity contribution in [2.24, 2.45) is 0 Å². The Labute approximate surface area is 255 Å². The van der Waals surface area contributed by atoms with Gasteiger partial charge in [0, 0.05) is 31.3 Å². The van der Waals surface area contributed by atoms with Gasteiger partial charge in [0.25, 0.3) is 17.5 Å². The average Bonchev–Trinajstić information content (AvgIpc) is 3.32. The summed E-state index contributed by atoms with van der Waals surface area (Å²) in [7, 11) is 0. The molecule has 14 heteroatoms. The highest BCUT2D eigenvalue weighted by atomic mass is 16.8. The molecule has 1 aliphatic carbocycles. The summed E-state index contributed by atoms with van der Waals surface area (Å²) in [6.45, 7) is 0.930. The predicted octanol–water partition coefficient (Wildman–Crippen LogP) is 2.60. The lowest BCUT2D eigenvalue weighted by molar-refractivity contribution is -0.297. The molecule has 1 saturated carbocycles. The SMILES string of the molecule is CC(=CC=CC=CC1=C(O)OC2(CCC3(CC2)OC(=O)C(=C/C=C/C=C/C2=C(O)COC2=O)C(=O)O3)OC1=O)C(=O)OCC=O. The van der Waals surface area contributed by atoms with Crippen molar-refractivity contribution >= 4 is 36.1 Å². The Balaban J connectivity index is 1.32. The summed E-state index contributed by atoms with van der Waals surface area (Å²) in [6, 6.07) is 0. The molecule has 3 heterocycles. The number of carbonyl (C=O) groups excluding carboxylic acids is 6. The largest absolute Gasteiger partial charge is 0.508 e. The highest BCUT2D eigenvalue weighted by Gasteiger charge is 2.56. The number of allylic oxidation sites excluding steroid dienone is 8. The Morgan fingerprint density at radius 3 is 1.93 bits per heavy atom. The van der Waals surface area contributed by atoms with E-state index >= 15 is 0 Å². The lowest BCUT2D eigenvalue weighted by atomic mass is 9.87. The summed E-state index contributed by atoms with van der Waals surface area (Å²) in [5, 5.41) is 20.0. The second-order valence-electron chi connectivity index (χ2n) is 9.93. The highest BCUT2D eigenvalue weighted by Crippen LogP contribution is 2.45. The van der Waals surface area contributed by atoms with E-state index in [9.17, 15) is 39.0 Å². The Morgan fingerprint density at radius 1 is 0.778 bits per heavy atom. The monoisotopic (exact) mass is 624 g/mol. The highest BCUT2D eigenvalue weighted by molar-refractivity contribution is 6.15. The number of ether oxygens (including phenoxy) is 6. The van der Waals surface area contributed by atoms with Crippen LogP contribution in [-0.2, 0) is 57.2 Å². The van der Waals surface area contributed by atoms with Crippen LogP contribution in [0, 0.1) is 0 Å². The van der Waals surface area contributed by atoms with Crippen LogP contribution in [0.5, 0.6) is 0 Å². The first-order valence-electron chi connectivity index (χ1n) is 13.6. The van der Waals surface area contributed by atoms with Crippen molar-refractivity contribution in [3.63, 3.8) is 0 Å². The van der Waals surface area contributed by atoms with Crippen LogP contribution in [0.2, 0.25) is 0 Å². The molecule has 45 heavy (non-hydrogen) atoms. The molecule has 4 rings (SSSR count). The number of esters is 5. The smallest absolute Gasteiger partial charge is 0.348 e. The van der Waals surface area contributed by atoms with Gasteiger partial charge in [-0.2, -0.15) is 0 Å². The Hall–Kier alpha value is -5.66. The van der Waals surface area contributed by atoms with Gasteiger partial charge < -0.3 is 38.6 Å². The number of aldehydes is 1. The van der Waals surface area contributed by atoms with Gasteiger partial charge in [-0.1, -0.05) is 42.5 Å². The van der Waals surface area contributed by atoms with Crippen LogP contribution >= 0.6 is 0 Å². The van der Waals surface area contributed by atoms with Gasteiger partial charge >= 0.3 is 29.8 Å². The standard InChI is InChI=1S/C31H28O14/c1-19(24(34)40-17-16-32)8-4-2-6-10-21-26(36)42-30(43-27(21)37)12-14-31(15-13-30)44-28(38)22(29(39)45-31)11-7-3-5-9-20-23(33)18-41-25(20)35/h2-11,16,33,36H,12-15,17-18H2,1H3/b4-2?,7-3+,9-5+,10-6?,19-8?,22-11?. The van der Waals surface area contributed by atoms with Crippen LogP contribution in [0.1, 0.15) is 32.6 Å². The first-order chi connectivity index (χ1) is 21.5. The fourth-order valence-corrected chi connectivity index (χ4v) is 4.46. The van der Waals surface area contributed by atoms with E-state index in [-0.39, 0.29) is 66.9 Å². The zero-order chi connectivity index (χ0) is 32.6. The van der Waals surface area contributed by atoms with E-state index < -0.39 is 47.4 Å². The molecule has 0 aromatic rings. The van der Waals surface area contributed by atoms with E-state index in [1.54, 1.807) is 0 Å². The van der Waals surface area contributed by atoms with Crippen molar-refractivity contribution < 1.29 is 67.4 Å². The maximum Gasteiger partial charge on any atom is 0.348 e.